The van der Waals surface area contributed by atoms with Crippen molar-refractivity contribution < 1.29 is 8.83 Å². The first-order valence-corrected chi connectivity index (χ1v) is 34.3. The summed E-state index contributed by atoms with van der Waals surface area (Å²) in [5.41, 5.74) is 16.8. The van der Waals surface area contributed by atoms with Gasteiger partial charge in [0.2, 0.25) is 0 Å². The number of para-hydroxylation sites is 2. The molecule has 0 unspecified atom stereocenters. The molecule has 0 bridgehead atoms. The minimum atomic E-state index is 0.392. The largest absolute Gasteiger partial charge is 0.455 e. The van der Waals surface area contributed by atoms with Crippen LogP contribution in [0, 0.1) is 6.57 Å². The summed E-state index contributed by atoms with van der Waals surface area (Å²) in [6.45, 7) is 9.63. The number of fused-ring (bicyclic) bond motifs is 20. The van der Waals surface area contributed by atoms with Crippen LogP contribution in [0.4, 0.5) is 5.69 Å². The molecule has 0 N–H and O–H groups in total. The van der Waals surface area contributed by atoms with E-state index in [-0.39, 0.29) is 0 Å². The zero-order valence-corrected chi connectivity index (χ0v) is 53.7. The van der Waals surface area contributed by atoms with Crippen molar-refractivity contribution in [2.75, 3.05) is 0 Å². The van der Waals surface area contributed by atoms with Gasteiger partial charge in [-0.15, -0.1) is 22.7 Å². The maximum atomic E-state index is 9.63. The molecule has 454 valence electrons. The van der Waals surface area contributed by atoms with Crippen LogP contribution in [0.15, 0.2) is 300 Å². The first kappa shape index (κ1) is 54.6. The highest BCUT2D eigenvalue weighted by atomic mass is 32.1. The molecular weight excluding hydrogens is 1240 g/mol. The van der Waals surface area contributed by atoms with Crippen molar-refractivity contribution in [3.8, 4) is 78.9 Å². The van der Waals surface area contributed by atoms with Crippen LogP contribution in [0.3, 0.4) is 0 Å². The Hall–Kier alpha value is -12.8. The van der Waals surface area contributed by atoms with E-state index in [0.717, 1.165) is 154 Å². The number of benzene rings is 14. The molecule has 21 aromatic rings. The third kappa shape index (κ3) is 8.12. The predicted octanol–water partition coefficient (Wildman–Crippen LogP) is 25.2. The fourth-order valence-electron chi connectivity index (χ4n) is 15.4. The molecule has 0 aliphatic carbocycles. The van der Waals surface area contributed by atoms with Crippen molar-refractivity contribution in [3.05, 3.63) is 303 Å². The van der Waals surface area contributed by atoms with Crippen LogP contribution < -0.4 is 0 Å². The molecule has 0 fully saturated rings. The quantitative estimate of drug-likeness (QED) is 0.142. The Labute approximate surface area is 566 Å². The Morgan fingerprint density at radius 3 is 1.19 bits per heavy atom. The van der Waals surface area contributed by atoms with Gasteiger partial charge in [0.15, 0.2) is 23.2 Å². The fraction of sp³-hybridized carbons (Fsp3) is 0. The number of rotatable bonds is 8. The van der Waals surface area contributed by atoms with Crippen molar-refractivity contribution in [2.45, 2.75) is 0 Å². The van der Waals surface area contributed by atoms with Gasteiger partial charge in [-0.2, -0.15) is 0 Å². The third-order valence-corrected chi connectivity index (χ3v) is 22.1. The summed E-state index contributed by atoms with van der Waals surface area (Å²) in [4.78, 5) is 21.8. The van der Waals surface area contributed by atoms with Crippen molar-refractivity contribution >= 4 is 156 Å². The van der Waals surface area contributed by atoms with E-state index in [1.165, 1.54) is 29.6 Å². The Bertz CT molecular complexity index is 6870. The molecule has 8 nitrogen and oxygen atoms in total. The van der Waals surface area contributed by atoms with Crippen LogP contribution in [0.25, 0.3) is 212 Å². The molecule has 10 heteroatoms. The predicted molar refractivity (Wildman–Crippen MR) is 408 cm³/mol. The van der Waals surface area contributed by atoms with Crippen LogP contribution in [-0.2, 0) is 0 Å². The van der Waals surface area contributed by atoms with Gasteiger partial charge in [-0.3, -0.25) is 0 Å². The standard InChI is InChI=1S/C88H48N6O2S2/c1-89-68-49-67(88-91-86(55-35-43-77-63(47-55)59-27-13-17-31-75(59)97-77)90-87(92-88)56-36-44-78-64(48-56)60-28-14-18-32-76(60)98-78)82(93-69-39-33-53(50-19-5-2-6-20-50)45-65(69)80-71(93)41-37-61-57-25-11-15-29-73(57)95-84(61)80)83(79(68)52-23-9-4-10-24-52)94-70-40-34-54(51-21-7-3-8-22-51)46-66(70)81-72(94)42-38-62-58-26-12-16-30-74(58)96-85(62)81/h2-49H. The van der Waals surface area contributed by atoms with E-state index < -0.39 is 0 Å². The van der Waals surface area contributed by atoms with Gasteiger partial charge in [0, 0.05) is 94.9 Å². The lowest BCUT2D eigenvalue weighted by Gasteiger charge is -2.25. The Morgan fingerprint density at radius 2 is 0.694 bits per heavy atom. The Morgan fingerprint density at radius 1 is 0.296 bits per heavy atom. The van der Waals surface area contributed by atoms with Gasteiger partial charge in [0.1, 0.15) is 22.3 Å². The molecule has 7 aromatic heterocycles. The van der Waals surface area contributed by atoms with E-state index in [2.05, 4.69) is 281 Å². The Balaban J connectivity index is 0.971. The van der Waals surface area contributed by atoms with Gasteiger partial charge in [0.05, 0.1) is 50.8 Å². The van der Waals surface area contributed by atoms with Gasteiger partial charge in [-0.05, 0) is 143 Å². The van der Waals surface area contributed by atoms with E-state index in [4.69, 9.17) is 23.8 Å². The summed E-state index contributed by atoms with van der Waals surface area (Å²) in [6.07, 6.45) is 0. The second-order valence-electron chi connectivity index (χ2n) is 25.2. The average molecular weight is 1290 g/mol. The van der Waals surface area contributed by atoms with Gasteiger partial charge in [0.25, 0.3) is 0 Å². The van der Waals surface area contributed by atoms with E-state index >= 15 is 0 Å². The van der Waals surface area contributed by atoms with Crippen LogP contribution in [-0.4, -0.2) is 24.1 Å². The molecule has 0 saturated heterocycles. The molecule has 98 heavy (non-hydrogen) atoms. The SMILES string of the molecule is [C-]#[N+]c1cc(-c2nc(-c3ccc4sc5ccccc5c4c3)nc(-c3ccc4sc5ccccc5c4c3)n2)c(-n2c3ccc(-c4ccccc4)cc3c3c4oc5ccccc5c4ccc32)c(-n2c3ccc(-c4ccccc4)cc3c3c4oc5ccccc5c4ccc32)c1-c1ccccc1. The van der Waals surface area contributed by atoms with Crippen molar-refractivity contribution in [2.24, 2.45) is 0 Å². The number of furan rings is 2. The smallest absolute Gasteiger partial charge is 0.197 e. The van der Waals surface area contributed by atoms with Crippen LogP contribution in [0.2, 0.25) is 0 Å². The molecule has 7 heterocycles. The Kier molecular flexibility index (Phi) is 11.8. The van der Waals surface area contributed by atoms with Crippen LogP contribution >= 0.6 is 22.7 Å². The maximum Gasteiger partial charge on any atom is 0.197 e. The highest BCUT2D eigenvalue weighted by Crippen LogP contribution is 2.53. The second kappa shape index (κ2) is 21.1. The normalized spacial score (nSPS) is 12.1. The summed E-state index contributed by atoms with van der Waals surface area (Å²) in [6, 6.07) is 103. The minimum Gasteiger partial charge on any atom is -0.455 e. The van der Waals surface area contributed by atoms with Crippen molar-refractivity contribution in [1.29, 1.82) is 0 Å². The molecule has 0 aliphatic heterocycles. The molecule has 21 rings (SSSR count). The summed E-state index contributed by atoms with van der Waals surface area (Å²) < 4.78 is 23.9. The lowest BCUT2D eigenvalue weighted by Crippen LogP contribution is -2.10. The van der Waals surface area contributed by atoms with Crippen molar-refractivity contribution in [3.63, 3.8) is 0 Å². The fourth-order valence-corrected chi connectivity index (χ4v) is 17.6. The molecule has 0 amide bonds. The average Bonchev–Trinajstić information content (AvgIpc) is 1.51. The lowest BCUT2D eigenvalue weighted by molar-refractivity contribution is 0.672. The summed E-state index contributed by atoms with van der Waals surface area (Å²) in [7, 11) is 0. The van der Waals surface area contributed by atoms with Crippen molar-refractivity contribution in [1.82, 2.24) is 24.1 Å². The topological polar surface area (TPSA) is 79.2 Å². The number of thiophene rings is 2. The number of aromatic nitrogens is 5. The van der Waals surface area contributed by atoms with E-state index in [1.807, 2.05) is 24.3 Å². The molecule has 0 spiro atoms. The third-order valence-electron chi connectivity index (χ3n) is 19.8. The van der Waals surface area contributed by atoms with Gasteiger partial charge < -0.3 is 18.0 Å². The minimum absolute atomic E-state index is 0.392. The second-order valence-corrected chi connectivity index (χ2v) is 27.3. The van der Waals surface area contributed by atoms with Crippen LogP contribution in [0.1, 0.15) is 0 Å². The monoisotopic (exact) mass is 1280 g/mol. The van der Waals surface area contributed by atoms with E-state index in [1.54, 1.807) is 22.7 Å². The first-order valence-electron chi connectivity index (χ1n) is 32.7. The highest BCUT2D eigenvalue weighted by molar-refractivity contribution is 7.26. The van der Waals surface area contributed by atoms with Gasteiger partial charge >= 0.3 is 0 Å². The summed E-state index contributed by atoms with van der Waals surface area (Å²) >= 11 is 3.56. The van der Waals surface area contributed by atoms with E-state index in [0.29, 0.717) is 28.7 Å². The molecule has 14 aromatic carbocycles. The zero-order valence-electron chi connectivity index (χ0n) is 52.0. The van der Waals surface area contributed by atoms with Crippen LogP contribution in [0.5, 0.6) is 0 Å². The summed E-state index contributed by atoms with van der Waals surface area (Å²) in [5.74, 6) is 1.39. The number of nitrogens with zero attached hydrogens (tertiary/aromatic N) is 6. The zero-order chi connectivity index (χ0) is 64.3. The highest BCUT2D eigenvalue weighted by Gasteiger charge is 2.32. The number of hydrogen-bond acceptors (Lipinski definition) is 7. The molecule has 0 saturated carbocycles. The maximum absolute atomic E-state index is 9.63. The van der Waals surface area contributed by atoms with Gasteiger partial charge in [-0.1, -0.05) is 176 Å². The molecular formula is C88H48N6O2S2. The van der Waals surface area contributed by atoms with Gasteiger partial charge in [-0.25, -0.2) is 19.8 Å². The molecule has 0 aliphatic rings. The molecule has 0 atom stereocenters. The van der Waals surface area contributed by atoms with E-state index in [9.17, 15) is 6.57 Å². The first-order chi connectivity index (χ1) is 48.5. The number of hydrogen-bond donors (Lipinski definition) is 0. The lowest BCUT2D eigenvalue weighted by atomic mass is 9.95. The molecule has 0 radical (unpaired) electrons. The summed E-state index contributed by atoms with van der Waals surface area (Å²) in [5, 5.41) is 12.5.